The molecule has 4 nitrogen and oxygen atoms in total. The van der Waals surface area contributed by atoms with Gasteiger partial charge in [-0.3, -0.25) is 0 Å². The number of aromatic carboxylic acids is 1. The van der Waals surface area contributed by atoms with Crippen LogP contribution >= 0.6 is 0 Å². The average Bonchev–Trinajstić information content (AvgIpc) is 2.58. The van der Waals surface area contributed by atoms with Crippen molar-refractivity contribution < 1.29 is 125 Å². The molecule has 6 heteroatoms. The van der Waals surface area contributed by atoms with Crippen LogP contribution in [0, 0.1) is 0 Å². The Kier molecular flexibility index (Phi) is 10.7. The van der Waals surface area contributed by atoms with E-state index in [1.807, 2.05) is 36.4 Å². The Hall–Kier alpha value is 0.00273. The molecule has 0 bridgehead atoms. The predicted octanol–water partition coefficient (Wildman–Crippen LogP) is -0.798. The standard InChI is InChI=1S/C19H14O4.2K.2H/c20-19(21)16-12-7-13-17(22-14-8-3-1-4-9-14)18(16)23-15-10-5-2-6-11-15;;;;/h1-13H,(H,20,21);;;;/q;2*+1;2*-1. The van der Waals surface area contributed by atoms with Crippen LogP contribution in [-0.2, 0) is 0 Å². The Balaban J connectivity index is 0. The van der Waals surface area contributed by atoms with E-state index in [1.165, 1.54) is 6.07 Å². The fraction of sp³-hybridized carbons (Fsp3) is 0. The van der Waals surface area contributed by atoms with Crippen LogP contribution in [0.1, 0.15) is 13.2 Å². The van der Waals surface area contributed by atoms with Crippen molar-refractivity contribution in [1.82, 2.24) is 0 Å². The summed E-state index contributed by atoms with van der Waals surface area (Å²) in [5.74, 6) is 0.594. The number of benzene rings is 3. The number of rotatable bonds is 5. The Morgan fingerprint density at radius 1 is 0.720 bits per heavy atom. The summed E-state index contributed by atoms with van der Waals surface area (Å²) in [6, 6.07) is 22.9. The molecular weight excluding hydrogens is 370 g/mol. The summed E-state index contributed by atoms with van der Waals surface area (Å²) in [6.07, 6.45) is 0. The first kappa shape index (κ1) is 23.0. The molecule has 0 saturated heterocycles. The maximum Gasteiger partial charge on any atom is 1.00 e. The van der Waals surface area contributed by atoms with Gasteiger partial charge in [0.2, 0.25) is 0 Å². The maximum atomic E-state index is 11.5. The van der Waals surface area contributed by atoms with Crippen molar-refractivity contribution in [2.45, 2.75) is 0 Å². The van der Waals surface area contributed by atoms with Gasteiger partial charge < -0.3 is 17.4 Å². The summed E-state index contributed by atoms with van der Waals surface area (Å²) in [5, 5.41) is 9.40. The van der Waals surface area contributed by atoms with E-state index < -0.39 is 5.97 Å². The van der Waals surface area contributed by atoms with E-state index in [4.69, 9.17) is 9.47 Å². The third kappa shape index (κ3) is 6.59. The molecule has 0 amide bonds. The number of carboxylic acid groups (broad SMARTS) is 1. The minimum atomic E-state index is -1.07. The quantitative estimate of drug-likeness (QED) is 0.584. The Labute approximate surface area is 234 Å². The number of hydrogen-bond acceptors (Lipinski definition) is 3. The van der Waals surface area contributed by atoms with E-state index >= 15 is 0 Å². The molecule has 3 aromatic carbocycles. The van der Waals surface area contributed by atoms with Crippen molar-refractivity contribution >= 4 is 5.97 Å². The number of para-hydroxylation sites is 3. The molecule has 0 fully saturated rings. The van der Waals surface area contributed by atoms with Gasteiger partial charge in [-0.05, 0) is 36.4 Å². The molecule has 0 aromatic heterocycles. The van der Waals surface area contributed by atoms with E-state index in [0.29, 0.717) is 17.2 Å². The topological polar surface area (TPSA) is 55.8 Å². The van der Waals surface area contributed by atoms with Crippen molar-refractivity contribution in [3.8, 4) is 23.0 Å². The van der Waals surface area contributed by atoms with Crippen molar-refractivity contribution in [2.75, 3.05) is 0 Å². The largest absolute Gasteiger partial charge is 1.00 e. The van der Waals surface area contributed by atoms with Crippen molar-refractivity contribution in [3.05, 3.63) is 84.4 Å². The third-order valence-electron chi connectivity index (χ3n) is 3.14. The Morgan fingerprint density at radius 2 is 1.24 bits per heavy atom. The molecule has 0 atom stereocenters. The van der Waals surface area contributed by atoms with E-state index in [1.54, 1.807) is 36.4 Å². The second-order valence-corrected chi connectivity index (χ2v) is 4.77. The molecule has 0 radical (unpaired) electrons. The molecule has 0 aliphatic rings. The van der Waals surface area contributed by atoms with E-state index in [-0.39, 0.29) is 117 Å². The summed E-state index contributed by atoms with van der Waals surface area (Å²) in [6.45, 7) is 0. The SMILES string of the molecule is O=C(O)c1cccc(Oc2ccccc2)c1Oc1ccccc1.[H-].[H-].[K+].[K+]. The van der Waals surface area contributed by atoms with E-state index in [0.717, 1.165) is 0 Å². The molecule has 0 aliphatic heterocycles. The Morgan fingerprint density at radius 3 is 1.76 bits per heavy atom. The monoisotopic (exact) mass is 386 g/mol. The number of ether oxygens (including phenoxy) is 2. The van der Waals surface area contributed by atoms with E-state index in [2.05, 4.69) is 0 Å². The summed E-state index contributed by atoms with van der Waals surface area (Å²) < 4.78 is 11.6. The van der Waals surface area contributed by atoms with Gasteiger partial charge in [-0.15, -0.1) is 0 Å². The molecule has 3 rings (SSSR count). The van der Waals surface area contributed by atoms with Crippen LogP contribution < -0.4 is 112 Å². The van der Waals surface area contributed by atoms with Crippen LogP contribution in [0.15, 0.2) is 78.9 Å². The van der Waals surface area contributed by atoms with Gasteiger partial charge in [-0.25, -0.2) is 4.79 Å². The minimum Gasteiger partial charge on any atom is -1.00 e. The van der Waals surface area contributed by atoms with Crippen LogP contribution in [0.4, 0.5) is 0 Å². The number of carbonyl (C=O) groups is 1. The minimum absolute atomic E-state index is 0. The zero-order valence-corrected chi connectivity index (χ0v) is 20.4. The molecule has 1 N–H and O–H groups in total. The normalized spacial score (nSPS) is 9.28. The van der Waals surface area contributed by atoms with Gasteiger partial charge in [0.25, 0.3) is 0 Å². The summed E-state index contributed by atoms with van der Waals surface area (Å²) in [4.78, 5) is 11.5. The van der Waals surface area contributed by atoms with Crippen LogP contribution in [-0.4, -0.2) is 11.1 Å². The second kappa shape index (κ2) is 11.7. The van der Waals surface area contributed by atoms with Crippen LogP contribution in [0.2, 0.25) is 0 Å². The third-order valence-corrected chi connectivity index (χ3v) is 3.14. The molecule has 0 heterocycles. The zero-order valence-electron chi connectivity index (χ0n) is 16.2. The van der Waals surface area contributed by atoms with Gasteiger partial charge >= 0.3 is 109 Å². The summed E-state index contributed by atoms with van der Waals surface area (Å²) in [5.41, 5.74) is 0.0438. The number of carboxylic acids is 1. The first-order valence-electron chi connectivity index (χ1n) is 7.06. The number of hydrogen-bond donors (Lipinski definition) is 1. The maximum absolute atomic E-state index is 11.5. The molecule has 0 unspecified atom stereocenters. The van der Waals surface area contributed by atoms with Crippen molar-refractivity contribution in [3.63, 3.8) is 0 Å². The zero-order chi connectivity index (χ0) is 16.1. The van der Waals surface area contributed by atoms with Crippen molar-refractivity contribution in [1.29, 1.82) is 0 Å². The first-order chi connectivity index (χ1) is 11.2. The smallest absolute Gasteiger partial charge is 1.00 e. The van der Waals surface area contributed by atoms with E-state index in [9.17, 15) is 9.90 Å². The van der Waals surface area contributed by atoms with Crippen LogP contribution in [0.5, 0.6) is 23.0 Å². The molecule has 118 valence electrons. The van der Waals surface area contributed by atoms with Crippen LogP contribution in [0.25, 0.3) is 0 Å². The molecule has 25 heavy (non-hydrogen) atoms. The van der Waals surface area contributed by atoms with Crippen LogP contribution in [0.3, 0.4) is 0 Å². The van der Waals surface area contributed by atoms with Gasteiger partial charge in [0.1, 0.15) is 17.1 Å². The average molecular weight is 387 g/mol. The van der Waals surface area contributed by atoms with Gasteiger partial charge in [-0.1, -0.05) is 42.5 Å². The van der Waals surface area contributed by atoms with Gasteiger partial charge in [0, 0.05) is 0 Å². The van der Waals surface area contributed by atoms with Crippen molar-refractivity contribution in [2.24, 2.45) is 0 Å². The second-order valence-electron chi connectivity index (χ2n) is 4.77. The Bertz CT molecular complexity index is 818. The van der Waals surface area contributed by atoms with Gasteiger partial charge in [0.15, 0.2) is 11.5 Å². The molecule has 0 aliphatic carbocycles. The fourth-order valence-electron chi connectivity index (χ4n) is 2.09. The van der Waals surface area contributed by atoms with Gasteiger partial charge in [-0.2, -0.15) is 0 Å². The summed E-state index contributed by atoms with van der Waals surface area (Å²) >= 11 is 0. The molecule has 3 aromatic rings. The molecule has 0 saturated carbocycles. The predicted molar refractivity (Wildman–Crippen MR) is 88.7 cm³/mol. The fourth-order valence-corrected chi connectivity index (χ4v) is 2.09. The first-order valence-corrected chi connectivity index (χ1v) is 7.06. The van der Waals surface area contributed by atoms with Gasteiger partial charge in [0.05, 0.1) is 0 Å². The molecule has 0 spiro atoms. The summed E-state index contributed by atoms with van der Waals surface area (Å²) in [7, 11) is 0. The molecular formula is C19H16K2O4.